The Bertz CT molecular complexity index is 688. The van der Waals surface area contributed by atoms with Crippen LogP contribution in [-0.2, 0) is 11.2 Å². The van der Waals surface area contributed by atoms with Gasteiger partial charge in [0.1, 0.15) is 11.6 Å². The lowest BCUT2D eigenvalue weighted by atomic mass is 10.1. The van der Waals surface area contributed by atoms with Gasteiger partial charge in [-0.2, -0.15) is 0 Å². The van der Waals surface area contributed by atoms with Crippen LogP contribution < -0.4 is 10.1 Å². The van der Waals surface area contributed by atoms with Crippen molar-refractivity contribution in [1.29, 1.82) is 0 Å². The molecule has 0 aliphatic carbocycles. The fraction of sp³-hybridized carbons (Fsp3) is 0.235. The van der Waals surface area contributed by atoms with Crippen LogP contribution in [0.2, 0.25) is 0 Å². The first-order chi connectivity index (χ1) is 10.5. The van der Waals surface area contributed by atoms with Gasteiger partial charge in [0, 0.05) is 12.1 Å². The molecule has 0 bridgehead atoms. The number of amides is 1. The van der Waals surface area contributed by atoms with Crippen LogP contribution in [0, 0.1) is 12.7 Å². The lowest BCUT2D eigenvalue weighted by Crippen LogP contribution is -2.13. The second-order valence-corrected chi connectivity index (χ2v) is 5.83. The molecule has 2 aromatic rings. The summed E-state index contributed by atoms with van der Waals surface area (Å²) in [6, 6.07) is 10.0. The number of carbonyl (C=O) groups excluding carboxylic acids is 1. The number of anilines is 1. The molecule has 0 aliphatic heterocycles. The number of rotatable bonds is 5. The minimum atomic E-state index is -0.307. The molecule has 0 heterocycles. The lowest BCUT2D eigenvalue weighted by molar-refractivity contribution is -0.116. The number of aryl methyl sites for hydroxylation is 2. The normalized spacial score (nSPS) is 10.4. The van der Waals surface area contributed by atoms with Gasteiger partial charge in [0.25, 0.3) is 0 Å². The molecule has 0 saturated carbocycles. The van der Waals surface area contributed by atoms with Crippen molar-refractivity contribution < 1.29 is 13.9 Å². The van der Waals surface area contributed by atoms with Crippen molar-refractivity contribution in [2.45, 2.75) is 19.8 Å². The van der Waals surface area contributed by atoms with E-state index in [4.69, 9.17) is 4.74 Å². The zero-order chi connectivity index (χ0) is 16.1. The monoisotopic (exact) mass is 365 g/mol. The lowest BCUT2D eigenvalue weighted by Gasteiger charge is -2.09. The summed E-state index contributed by atoms with van der Waals surface area (Å²) in [4.78, 5) is 12.0. The maximum Gasteiger partial charge on any atom is 0.224 e. The molecule has 22 heavy (non-hydrogen) atoms. The van der Waals surface area contributed by atoms with Crippen LogP contribution in [0.4, 0.5) is 10.1 Å². The topological polar surface area (TPSA) is 38.3 Å². The molecule has 2 rings (SSSR count). The fourth-order valence-electron chi connectivity index (χ4n) is 2.10. The summed E-state index contributed by atoms with van der Waals surface area (Å²) in [6.45, 7) is 1.76. The number of ether oxygens (including phenoxy) is 1. The van der Waals surface area contributed by atoms with Crippen molar-refractivity contribution in [2.24, 2.45) is 0 Å². The maximum atomic E-state index is 13.0. The van der Waals surface area contributed by atoms with Gasteiger partial charge in [0.15, 0.2) is 0 Å². The first-order valence-electron chi connectivity index (χ1n) is 6.88. The molecule has 0 aromatic heterocycles. The van der Waals surface area contributed by atoms with Crippen molar-refractivity contribution in [3.05, 3.63) is 57.8 Å². The van der Waals surface area contributed by atoms with Crippen molar-refractivity contribution in [3.63, 3.8) is 0 Å². The smallest absolute Gasteiger partial charge is 0.224 e. The van der Waals surface area contributed by atoms with Gasteiger partial charge in [-0.15, -0.1) is 0 Å². The number of hydrogen-bond acceptors (Lipinski definition) is 2. The Morgan fingerprint density at radius 2 is 2.05 bits per heavy atom. The van der Waals surface area contributed by atoms with E-state index in [-0.39, 0.29) is 11.7 Å². The van der Waals surface area contributed by atoms with E-state index >= 15 is 0 Å². The van der Waals surface area contributed by atoms with Gasteiger partial charge in [0.05, 0.1) is 11.6 Å². The Labute approximate surface area is 137 Å². The van der Waals surface area contributed by atoms with Crippen LogP contribution >= 0.6 is 15.9 Å². The quantitative estimate of drug-likeness (QED) is 0.848. The Balaban J connectivity index is 1.94. The molecule has 0 fully saturated rings. The average molecular weight is 366 g/mol. The van der Waals surface area contributed by atoms with Gasteiger partial charge >= 0.3 is 0 Å². The number of halogens is 2. The molecule has 0 radical (unpaired) electrons. The summed E-state index contributed by atoms with van der Waals surface area (Å²) in [6.07, 6.45) is 0.976. The molecule has 0 unspecified atom stereocenters. The fourth-order valence-corrected chi connectivity index (χ4v) is 2.69. The highest BCUT2D eigenvalue weighted by molar-refractivity contribution is 9.10. The predicted octanol–water partition coefficient (Wildman–Crippen LogP) is 4.48. The third kappa shape index (κ3) is 4.31. The summed E-state index contributed by atoms with van der Waals surface area (Å²) in [5, 5.41) is 2.80. The Hall–Kier alpha value is -1.88. The Morgan fingerprint density at radius 3 is 2.68 bits per heavy atom. The molecule has 0 saturated heterocycles. The van der Waals surface area contributed by atoms with Gasteiger partial charge in [-0.3, -0.25) is 4.79 Å². The van der Waals surface area contributed by atoms with E-state index in [0.29, 0.717) is 24.1 Å². The Morgan fingerprint density at radius 1 is 1.27 bits per heavy atom. The van der Waals surface area contributed by atoms with Crippen molar-refractivity contribution in [3.8, 4) is 5.75 Å². The SMILES string of the molecule is COc1ccc(CCC(=O)Nc2ccc(F)cc2C)cc1Br. The van der Waals surface area contributed by atoms with Gasteiger partial charge in [-0.1, -0.05) is 6.07 Å². The molecule has 0 aliphatic rings. The molecule has 116 valence electrons. The summed E-state index contributed by atoms with van der Waals surface area (Å²) < 4.78 is 19.1. The number of methoxy groups -OCH3 is 1. The molecular formula is C17H17BrFNO2. The molecule has 5 heteroatoms. The number of nitrogens with one attached hydrogen (secondary N) is 1. The zero-order valence-corrected chi connectivity index (χ0v) is 14.0. The van der Waals surface area contributed by atoms with Crippen LogP contribution in [0.1, 0.15) is 17.5 Å². The third-order valence-electron chi connectivity index (χ3n) is 3.32. The number of benzene rings is 2. The second-order valence-electron chi connectivity index (χ2n) is 4.98. The van der Waals surface area contributed by atoms with Crippen molar-refractivity contribution in [1.82, 2.24) is 0 Å². The van der Waals surface area contributed by atoms with Crippen LogP contribution in [0.15, 0.2) is 40.9 Å². The average Bonchev–Trinajstić information content (AvgIpc) is 2.48. The number of carbonyl (C=O) groups is 1. The van der Waals surface area contributed by atoms with E-state index in [2.05, 4.69) is 21.2 Å². The van der Waals surface area contributed by atoms with E-state index in [9.17, 15) is 9.18 Å². The second kappa shape index (κ2) is 7.40. The van der Waals surface area contributed by atoms with E-state index < -0.39 is 0 Å². The standard InChI is InChI=1S/C17H17BrFNO2/c1-11-9-13(19)5-6-15(11)20-17(21)8-4-12-3-7-16(22-2)14(18)10-12/h3,5-7,9-10H,4,8H2,1-2H3,(H,20,21). The van der Waals surface area contributed by atoms with Crippen LogP contribution in [0.5, 0.6) is 5.75 Å². The molecule has 2 aromatic carbocycles. The largest absolute Gasteiger partial charge is 0.496 e. The molecule has 0 atom stereocenters. The van der Waals surface area contributed by atoms with Crippen LogP contribution in [-0.4, -0.2) is 13.0 Å². The summed E-state index contributed by atoms with van der Waals surface area (Å²) >= 11 is 3.42. The zero-order valence-electron chi connectivity index (χ0n) is 12.5. The van der Waals surface area contributed by atoms with E-state index in [1.807, 2.05) is 18.2 Å². The molecule has 0 spiro atoms. The van der Waals surface area contributed by atoms with E-state index in [1.54, 1.807) is 20.1 Å². The number of hydrogen-bond donors (Lipinski definition) is 1. The minimum Gasteiger partial charge on any atom is -0.496 e. The van der Waals surface area contributed by atoms with E-state index in [1.165, 1.54) is 12.1 Å². The molecule has 1 amide bonds. The first-order valence-corrected chi connectivity index (χ1v) is 7.67. The van der Waals surface area contributed by atoms with Gasteiger partial charge in [-0.25, -0.2) is 4.39 Å². The van der Waals surface area contributed by atoms with Crippen molar-refractivity contribution in [2.75, 3.05) is 12.4 Å². The highest BCUT2D eigenvalue weighted by Gasteiger charge is 2.07. The van der Waals surface area contributed by atoms with E-state index in [0.717, 1.165) is 15.8 Å². The van der Waals surface area contributed by atoms with Gasteiger partial charge in [0.2, 0.25) is 5.91 Å². The highest BCUT2D eigenvalue weighted by Crippen LogP contribution is 2.26. The minimum absolute atomic E-state index is 0.0957. The predicted molar refractivity (Wildman–Crippen MR) is 88.8 cm³/mol. The maximum absolute atomic E-state index is 13.0. The Kier molecular flexibility index (Phi) is 5.55. The molecule has 1 N–H and O–H groups in total. The molecule has 3 nitrogen and oxygen atoms in total. The van der Waals surface area contributed by atoms with Crippen LogP contribution in [0.25, 0.3) is 0 Å². The van der Waals surface area contributed by atoms with Crippen LogP contribution in [0.3, 0.4) is 0 Å². The highest BCUT2D eigenvalue weighted by atomic mass is 79.9. The summed E-state index contributed by atoms with van der Waals surface area (Å²) in [5.41, 5.74) is 2.39. The summed E-state index contributed by atoms with van der Waals surface area (Å²) in [7, 11) is 1.61. The summed E-state index contributed by atoms with van der Waals surface area (Å²) in [5.74, 6) is 0.357. The third-order valence-corrected chi connectivity index (χ3v) is 3.94. The van der Waals surface area contributed by atoms with Crippen molar-refractivity contribution >= 4 is 27.5 Å². The first kappa shape index (κ1) is 16.5. The van der Waals surface area contributed by atoms with Gasteiger partial charge < -0.3 is 10.1 Å². The molecular weight excluding hydrogens is 349 g/mol. The van der Waals surface area contributed by atoms with Gasteiger partial charge in [-0.05, 0) is 70.7 Å².